The van der Waals surface area contributed by atoms with Gasteiger partial charge in [0, 0.05) is 4.88 Å². The van der Waals surface area contributed by atoms with Crippen LogP contribution in [-0.4, -0.2) is 9.55 Å². The Morgan fingerprint density at radius 3 is 3.00 bits per heavy atom. The summed E-state index contributed by atoms with van der Waals surface area (Å²) in [7, 11) is 0. The van der Waals surface area contributed by atoms with Crippen molar-refractivity contribution in [2.45, 2.75) is 6.54 Å². The molecule has 17 heavy (non-hydrogen) atoms. The van der Waals surface area contributed by atoms with E-state index in [0.29, 0.717) is 12.1 Å². The van der Waals surface area contributed by atoms with Crippen LogP contribution in [0.5, 0.6) is 0 Å². The van der Waals surface area contributed by atoms with Crippen LogP contribution in [0.2, 0.25) is 0 Å². The smallest absolute Gasteiger partial charge is 0.305 e. The molecule has 0 aliphatic heterocycles. The number of H-pyrrole nitrogens is 1. The normalized spacial score (nSPS) is 11.1. The summed E-state index contributed by atoms with van der Waals surface area (Å²) in [6.45, 7) is 0.516. The van der Waals surface area contributed by atoms with E-state index >= 15 is 0 Å². The summed E-state index contributed by atoms with van der Waals surface area (Å²) in [6.07, 6.45) is 0. The molecule has 1 aromatic carbocycles. The molecule has 0 aliphatic carbocycles. The zero-order valence-corrected chi connectivity index (χ0v) is 9.63. The lowest BCUT2D eigenvalue weighted by molar-refractivity contribution is 0.629. The van der Waals surface area contributed by atoms with Gasteiger partial charge >= 0.3 is 5.69 Å². The molecule has 0 fully saturated rings. The lowest BCUT2D eigenvalue weighted by atomic mass is 10.3. The number of nitrogens with one attached hydrogen (secondary N) is 1. The Kier molecular flexibility index (Phi) is 2.33. The molecular weight excluding hydrogens is 239 g/mol. The fourth-order valence-electron chi connectivity index (χ4n) is 1.85. The molecule has 3 nitrogen and oxygen atoms in total. The number of halogens is 1. The summed E-state index contributed by atoms with van der Waals surface area (Å²) >= 11 is 1.59. The summed E-state index contributed by atoms with van der Waals surface area (Å²) in [5.41, 5.74) is 1.05. The van der Waals surface area contributed by atoms with E-state index in [0.717, 1.165) is 10.4 Å². The van der Waals surface area contributed by atoms with E-state index in [1.807, 2.05) is 17.5 Å². The fourth-order valence-corrected chi connectivity index (χ4v) is 2.54. The van der Waals surface area contributed by atoms with Crippen LogP contribution in [0.4, 0.5) is 4.39 Å². The highest BCUT2D eigenvalue weighted by Crippen LogP contribution is 2.15. The van der Waals surface area contributed by atoms with Gasteiger partial charge < -0.3 is 4.98 Å². The Labute approximate surface area is 100 Å². The second kappa shape index (κ2) is 3.85. The molecule has 0 saturated carbocycles. The molecule has 0 saturated heterocycles. The number of imidazole rings is 1. The van der Waals surface area contributed by atoms with Crippen molar-refractivity contribution < 1.29 is 4.39 Å². The van der Waals surface area contributed by atoms with Crippen LogP contribution in [0.15, 0.2) is 40.5 Å². The molecule has 0 spiro atoms. The fraction of sp³-hybridized carbons (Fsp3) is 0.0833. The van der Waals surface area contributed by atoms with Gasteiger partial charge in [-0.1, -0.05) is 6.07 Å². The van der Waals surface area contributed by atoms with Gasteiger partial charge in [-0.3, -0.25) is 4.57 Å². The third-order valence-corrected chi connectivity index (χ3v) is 3.49. The van der Waals surface area contributed by atoms with E-state index < -0.39 is 0 Å². The number of nitrogens with zero attached hydrogens (tertiary/aromatic N) is 1. The molecule has 2 aromatic heterocycles. The lowest BCUT2D eigenvalue weighted by Gasteiger charge is -2.00. The molecule has 0 unspecified atom stereocenters. The monoisotopic (exact) mass is 248 g/mol. The van der Waals surface area contributed by atoms with Crippen molar-refractivity contribution in [2.75, 3.05) is 0 Å². The van der Waals surface area contributed by atoms with Crippen LogP contribution < -0.4 is 5.69 Å². The third-order valence-electron chi connectivity index (χ3n) is 2.63. The van der Waals surface area contributed by atoms with Gasteiger partial charge in [0.05, 0.1) is 17.6 Å². The van der Waals surface area contributed by atoms with E-state index in [2.05, 4.69) is 4.98 Å². The van der Waals surface area contributed by atoms with Crippen LogP contribution in [0.25, 0.3) is 11.0 Å². The van der Waals surface area contributed by atoms with Gasteiger partial charge in [0.15, 0.2) is 0 Å². The van der Waals surface area contributed by atoms with Crippen LogP contribution in [0.1, 0.15) is 4.88 Å². The van der Waals surface area contributed by atoms with Gasteiger partial charge in [0.25, 0.3) is 0 Å². The SMILES string of the molecule is O=c1[nH]c2cc(F)ccc2n1Cc1cccs1. The predicted molar refractivity (Wildman–Crippen MR) is 65.9 cm³/mol. The maximum absolute atomic E-state index is 13.0. The van der Waals surface area contributed by atoms with Crippen molar-refractivity contribution in [3.63, 3.8) is 0 Å². The molecule has 3 aromatic rings. The summed E-state index contributed by atoms with van der Waals surface area (Å²) in [4.78, 5) is 15.5. The topological polar surface area (TPSA) is 37.8 Å². The highest BCUT2D eigenvalue weighted by molar-refractivity contribution is 7.09. The number of aromatic amines is 1. The molecule has 5 heteroatoms. The van der Waals surface area contributed by atoms with E-state index in [-0.39, 0.29) is 11.5 Å². The second-order valence-electron chi connectivity index (χ2n) is 3.76. The van der Waals surface area contributed by atoms with Gasteiger partial charge in [0.2, 0.25) is 0 Å². The van der Waals surface area contributed by atoms with Crippen LogP contribution in [0, 0.1) is 5.82 Å². The third kappa shape index (κ3) is 1.78. The van der Waals surface area contributed by atoms with Crippen molar-refractivity contribution >= 4 is 22.4 Å². The first-order chi connectivity index (χ1) is 8.24. The minimum atomic E-state index is -0.345. The Morgan fingerprint density at radius 1 is 1.35 bits per heavy atom. The Bertz CT molecular complexity index is 712. The molecule has 1 N–H and O–H groups in total. The zero-order valence-electron chi connectivity index (χ0n) is 8.81. The Balaban J connectivity index is 2.16. The zero-order chi connectivity index (χ0) is 11.8. The highest BCUT2D eigenvalue weighted by atomic mass is 32.1. The minimum Gasteiger partial charge on any atom is -0.305 e. The maximum atomic E-state index is 13.0. The predicted octanol–water partition coefficient (Wildman–Crippen LogP) is 2.58. The van der Waals surface area contributed by atoms with Crippen LogP contribution in [-0.2, 0) is 6.54 Å². The number of rotatable bonds is 2. The number of hydrogen-bond donors (Lipinski definition) is 1. The number of thiophene rings is 1. The van der Waals surface area contributed by atoms with Gasteiger partial charge in [-0.05, 0) is 29.6 Å². The molecule has 0 aliphatic rings. The Morgan fingerprint density at radius 2 is 2.24 bits per heavy atom. The van der Waals surface area contributed by atoms with Crippen molar-refractivity contribution in [3.8, 4) is 0 Å². The van der Waals surface area contributed by atoms with Crippen LogP contribution in [0.3, 0.4) is 0 Å². The molecule has 0 bridgehead atoms. The summed E-state index contributed by atoms with van der Waals surface area (Å²) < 4.78 is 14.6. The summed E-state index contributed by atoms with van der Waals surface area (Å²) in [5.74, 6) is -0.345. The number of benzene rings is 1. The average molecular weight is 248 g/mol. The van der Waals surface area contributed by atoms with Crippen molar-refractivity contribution in [1.29, 1.82) is 0 Å². The number of fused-ring (bicyclic) bond motifs is 1. The molecule has 0 atom stereocenters. The summed E-state index contributed by atoms with van der Waals surface area (Å²) in [6, 6.07) is 8.23. The van der Waals surface area contributed by atoms with Crippen molar-refractivity contribution in [2.24, 2.45) is 0 Å². The average Bonchev–Trinajstić information content (AvgIpc) is 2.88. The molecule has 3 rings (SSSR count). The number of hydrogen-bond acceptors (Lipinski definition) is 2. The van der Waals surface area contributed by atoms with Crippen LogP contribution >= 0.6 is 11.3 Å². The highest BCUT2D eigenvalue weighted by Gasteiger charge is 2.08. The first-order valence-corrected chi connectivity index (χ1v) is 6.02. The van der Waals surface area contributed by atoms with Gasteiger partial charge in [-0.15, -0.1) is 11.3 Å². The lowest BCUT2D eigenvalue weighted by Crippen LogP contribution is -2.16. The second-order valence-corrected chi connectivity index (χ2v) is 4.79. The van der Waals surface area contributed by atoms with E-state index in [4.69, 9.17) is 0 Å². The van der Waals surface area contributed by atoms with E-state index in [9.17, 15) is 9.18 Å². The van der Waals surface area contributed by atoms with Gasteiger partial charge in [-0.25, -0.2) is 9.18 Å². The molecule has 0 radical (unpaired) electrons. The first-order valence-electron chi connectivity index (χ1n) is 5.14. The number of aromatic nitrogens is 2. The molecule has 2 heterocycles. The maximum Gasteiger partial charge on any atom is 0.326 e. The molecule has 0 amide bonds. The van der Waals surface area contributed by atoms with Crippen molar-refractivity contribution in [1.82, 2.24) is 9.55 Å². The van der Waals surface area contributed by atoms with E-state index in [1.54, 1.807) is 22.0 Å². The molecular formula is C12H9FN2OS. The first kappa shape index (κ1) is 10.3. The summed E-state index contributed by atoms with van der Waals surface area (Å²) in [5, 5.41) is 1.97. The van der Waals surface area contributed by atoms with Crippen molar-refractivity contribution in [3.05, 3.63) is 56.9 Å². The largest absolute Gasteiger partial charge is 0.326 e. The minimum absolute atomic E-state index is 0.209. The molecule has 86 valence electrons. The van der Waals surface area contributed by atoms with Gasteiger partial charge in [0.1, 0.15) is 5.82 Å². The quantitative estimate of drug-likeness (QED) is 0.743. The van der Waals surface area contributed by atoms with E-state index in [1.165, 1.54) is 12.1 Å². The Hall–Kier alpha value is -1.88. The van der Waals surface area contributed by atoms with Gasteiger partial charge in [-0.2, -0.15) is 0 Å². The standard InChI is InChI=1S/C12H9FN2OS/c13-8-3-4-11-10(6-8)14-12(16)15(11)7-9-2-1-5-17-9/h1-6H,7H2,(H,14,16).